The predicted octanol–water partition coefficient (Wildman–Crippen LogP) is 2.77. The van der Waals surface area contributed by atoms with Gasteiger partial charge >= 0.3 is 0 Å². The van der Waals surface area contributed by atoms with Crippen LogP contribution in [0.15, 0.2) is 24.4 Å². The third-order valence-corrected chi connectivity index (χ3v) is 2.59. The van der Waals surface area contributed by atoms with E-state index in [4.69, 9.17) is 4.74 Å². The fourth-order valence-electron chi connectivity index (χ4n) is 1.78. The molecule has 1 heterocycles. The zero-order valence-electron chi connectivity index (χ0n) is 9.94. The SMILES string of the molecule is CCCOCCn1ncc2cc(C)ccc21. The first-order valence-electron chi connectivity index (χ1n) is 5.81. The van der Waals surface area contributed by atoms with Crippen molar-refractivity contribution in [2.75, 3.05) is 13.2 Å². The van der Waals surface area contributed by atoms with Crippen LogP contribution in [0.4, 0.5) is 0 Å². The number of aryl methyl sites for hydroxylation is 1. The fraction of sp³-hybridized carbons (Fsp3) is 0.462. The lowest BCUT2D eigenvalue weighted by Crippen LogP contribution is -2.07. The maximum Gasteiger partial charge on any atom is 0.0683 e. The first kappa shape index (κ1) is 11.1. The molecule has 2 rings (SSSR count). The molecule has 0 bridgehead atoms. The fourth-order valence-corrected chi connectivity index (χ4v) is 1.78. The molecule has 2 aromatic rings. The van der Waals surface area contributed by atoms with Gasteiger partial charge in [-0.1, -0.05) is 18.6 Å². The third-order valence-electron chi connectivity index (χ3n) is 2.59. The Hall–Kier alpha value is -1.35. The quantitative estimate of drug-likeness (QED) is 0.721. The van der Waals surface area contributed by atoms with E-state index in [0.29, 0.717) is 0 Å². The second kappa shape index (κ2) is 5.12. The maximum atomic E-state index is 5.47. The van der Waals surface area contributed by atoms with E-state index < -0.39 is 0 Å². The van der Waals surface area contributed by atoms with E-state index in [0.717, 1.165) is 26.2 Å². The molecule has 3 nitrogen and oxygen atoms in total. The first-order valence-corrected chi connectivity index (χ1v) is 5.81. The van der Waals surface area contributed by atoms with Crippen molar-refractivity contribution in [2.24, 2.45) is 0 Å². The summed E-state index contributed by atoms with van der Waals surface area (Å²) in [5, 5.41) is 5.57. The zero-order chi connectivity index (χ0) is 11.4. The summed E-state index contributed by atoms with van der Waals surface area (Å²) in [6, 6.07) is 6.40. The van der Waals surface area contributed by atoms with Gasteiger partial charge in [0.25, 0.3) is 0 Å². The summed E-state index contributed by atoms with van der Waals surface area (Å²) in [6.07, 6.45) is 2.99. The topological polar surface area (TPSA) is 27.1 Å². The molecule has 0 saturated heterocycles. The van der Waals surface area contributed by atoms with Crippen LogP contribution in [0.2, 0.25) is 0 Å². The summed E-state index contributed by atoms with van der Waals surface area (Å²) in [6.45, 7) is 6.61. The van der Waals surface area contributed by atoms with Crippen molar-refractivity contribution < 1.29 is 4.74 Å². The van der Waals surface area contributed by atoms with Crippen molar-refractivity contribution in [3.63, 3.8) is 0 Å². The summed E-state index contributed by atoms with van der Waals surface area (Å²) in [5.74, 6) is 0. The predicted molar refractivity (Wildman–Crippen MR) is 65.6 cm³/mol. The molecule has 0 aliphatic carbocycles. The Bertz CT molecular complexity index is 462. The molecule has 0 aliphatic heterocycles. The van der Waals surface area contributed by atoms with Gasteiger partial charge in [-0.25, -0.2) is 0 Å². The Labute approximate surface area is 96.0 Å². The Morgan fingerprint density at radius 1 is 1.31 bits per heavy atom. The zero-order valence-corrected chi connectivity index (χ0v) is 9.94. The molecule has 1 aromatic carbocycles. The average molecular weight is 218 g/mol. The lowest BCUT2D eigenvalue weighted by Gasteiger charge is -2.04. The Morgan fingerprint density at radius 3 is 3.00 bits per heavy atom. The lowest BCUT2D eigenvalue weighted by atomic mass is 10.2. The molecule has 0 aliphatic rings. The first-order chi connectivity index (χ1) is 7.81. The molecule has 0 amide bonds. The molecular formula is C13H18N2O. The average Bonchev–Trinajstić information content (AvgIpc) is 2.67. The molecule has 1 aromatic heterocycles. The maximum absolute atomic E-state index is 5.47. The lowest BCUT2D eigenvalue weighted by molar-refractivity contribution is 0.125. The number of hydrogen-bond acceptors (Lipinski definition) is 2. The van der Waals surface area contributed by atoms with Crippen molar-refractivity contribution in [2.45, 2.75) is 26.8 Å². The van der Waals surface area contributed by atoms with E-state index in [1.54, 1.807) is 0 Å². The summed E-state index contributed by atoms with van der Waals surface area (Å²) < 4.78 is 7.47. The highest BCUT2D eigenvalue weighted by molar-refractivity contribution is 5.79. The molecule has 0 radical (unpaired) electrons. The summed E-state index contributed by atoms with van der Waals surface area (Å²) in [4.78, 5) is 0. The number of hydrogen-bond donors (Lipinski definition) is 0. The van der Waals surface area contributed by atoms with Crippen LogP contribution in [0.25, 0.3) is 10.9 Å². The molecule has 0 saturated carbocycles. The molecule has 0 fully saturated rings. The standard InChI is InChI=1S/C13H18N2O/c1-3-7-16-8-6-15-13-5-4-11(2)9-12(13)10-14-15/h4-5,9-10H,3,6-8H2,1-2H3. The van der Waals surface area contributed by atoms with E-state index in [1.807, 2.05) is 10.9 Å². The number of rotatable bonds is 5. The molecule has 0 atom stereocenters. The molecule has 3 heteroatoms. The molecule has 86 valence electrons. The van der Waals surface area contributed by atoms with E-state index in [2.05, 4.69) is 37.1 Å². The van der Waals surface area contributed by atoms with Gasteiger partial charge in [-0.3, -0.25) is 4.68 Å². The highest BCUT2D eigenvalue weighted by Crippen LogP contribution is 2.15. The number of benzene rings is 1. The summed E-state index contributed by atoms with van der Waals surface area (Å²) >= 11 is 0. The van der Waals surface area contributed by atoms with Gasteiger partial charge in [0.05, 0.1) is 24.9 Å². The Balaban J connectivity index is 2.07. The van der Waals surface area contributed by atoms with Crippen LogP contribution >= 0.6 is 0 Å². The van der Waals surface area contributed by atoms with Gasteiger partial charge in [-0.15, -0.1) is 0 Å². The molecular weight excluding hydrogens is 200 g/mol. The van der Waals surface area contributed by atoms with Crippen LogP contribution in [-0.4, -0.2) is 23.0 Å². The van der Waals surface area contributed by atoms with E-state index in [-0.39, 0.29) is 0 Å². The number of nitrogens with zero attached hydrogens (tertiary/aromatic N) is 2. The number of ether oxygens (including phenoxy) is 1. The van der Waals surface area contributed by atoms with Crippen LogP contribution in [0.3, 0.4) is 0 Å². The van der Waals surface area contributed by atoms with Crippen LogP contribution in [0, 0.1) is 6.92 Å². The van der Waals surface area contributed by atoms with Gasteiger partial charge in [0.2, 0.25) is 0 Å². The number of fused-ring (bicyclic) bond motifs is 1. The van der Waals surface area contributed by atoms with Gasteiger partial charge in [-0.2, -0.15) is 5.10 Å². The van der Waals surface area contributed by atoms with Crippen molar-refractivity contribution in [1.29, 1.82) is 0 Å². The molecule has 0 N–H and O–H groups in total. The van der Waals surface area contributed by atoms with E-state index in [1.165, 1.54) is 16.5 Å². The van der Waals surface area contributed by atoms with Crippen molar-refractivity contribution >= 4 is 10.9 Å². The second-order valence-corrected chi connectivity index (χ2v) is 4.04. The monoisotopic (exact) mass is 218 g/mol. The van der Waals surface area contributed by atoms with Gasteiger partial charge in [0.1, 0.15) is 0 Å². The normalized spacial score (nSPS) is 11.1. The van der Waals surface area contributed by atoms with Gasteiger partial charge in [0, 0.05) is 12.0 Å². The van der Waals surface area contributed by atoms with Gasteiger partial charge in [0.15, 0.2) is 0 Å². The molecule has 0 unspecified atom stereocenters. The van der Waals surface area contributed by atoms with Crippen LogP contribution in [0.1, 0.15) is 18.9 Å². The third kappa shape index (κ3) is 2.42. The second-order valence-electron chi connectivity index (χ2n) is 4.04. The summed E-state index contributed by atoms with van der Waals surface area (Å²) in [7, 11) is 0. The van der Waals surface area contributed by atoms with Gasteiger partial charge in [-0.05, 0) is 25.5 Å². The Morgan fingerprint density at radius 2 is 2.19 bits per heavy atom. The van der Waals surface area contributed by atoms with E-state index in [9.17, 15) is 0 Å². The highest BCUT2D eigenvalue weighted by Gasteiger charge is 2.01. The largest absolute Gasteiger partial charge is 0.380 e. The van der Waals surface area contributed by atoms with Crippen LogP contribution < -0.4 is 0 Å². The van der Waals surface area contributed by atoms with E-state index >= 15 is 0 Å². The van der Waals surface area contributed by atoms with Crippen molar-refractivity contribution in [3.8, 4) is 0 Å². The minimum atomic E-state index is 0.735. The highest BCUT2D eigenvalue weighted by atomic mass is 16.5. The van der Waals surface area contributed by atoms with Crippen molar-refractivity contribution in [3.05, 3.63) is 30.0 Å². The minimum absolute atomic E-state index is 0.735. The molecule has 16 heavy (non-hydrogen) atoms. The van der Waals surface area contributed by atoms with Crippen LogP contribution in [0.5, 0.6) is 0 Å². The van der Waals surface area contributed by atoms with Crippen LogP contribution in [-0.2, 0) is 11.3 Å². The van der Waals surface area contributed by atoms with Crippen molar-refractivity contribution in [1.82, 2.24) is 9.78 Å². The summed E-state index contributed by atoms with van der Waals surface area (Å²) in [5.41, 5.74) is 2.46. The smallest absolute Gasteiger partial charge is 0.0683 e. The molecule has 0 spiro atoms. The Kier molecular flexibility index (Phi) is 3.57. The van der Waals surface area contributed by atoms with Gasteiger partial charge < -0.3 is 4.74 Å². The number of aromatic nitrogens is 2. The minimum Gasteiger partial charge on any atom is -0.380 e.